The van der Waals surface area contributed by atoms with E-state index in [4.69, 9.17) is 0 Å². The van der Waals surface area contributed by atoms with E-state index < -0.39 is 11.9 Å². The van der Waals surface area contributed by atoms with Gasteiger partial charge >= 0.3 is 5.97 Å². The van der Waals surface area contributed by atoms with Crippen LogP contribution in [0.25, 0.3) is 0 Å². The SMILES string of the molecule is Cc1cc(F)ccc1CC(C(=O)O)c1ccccc1. The number of aliphatic carboxylic acids is 1. The highest BCUT2D eigenvalue weighted by molar-refractivity contribution is 5.76. The number of carbonyl (C=O) groups is 1. The number of halogens is 1. The lowest BCUT2D eigenvalue weighted by Crippen LogP contribution is -2.15. The maximum absolute atomic E-state index is 13.1. The predicted molar refractivity (Wildman–Crippen MR) is 71.7 cm³/mol. The van der Waals surface area contributed by atoms with Gasteiger partial charge in [-0.2, -0.15) is 0 Å². The van der Waals surface area contributed by atoms with Crippen LogP contribution < -0.4 is 0 Å². The van der Waals surface area contributed by atoms with Gasteiger partial charge in [0.1, 0.15) is 5.82 Å². The van der Waals surface area contributed by atoms with Crippen LogP contribution in [0.3, 0.4) is 0 Å². The molecule has 0 saturated heterocycles. The number of carboxylic acids is 1. The van der Waals surface area contributed by atoms with Crippen LogP contribution in [0.15, 0.2) is 48.5 Å². The van der Waals surface area contributed by atoms with Crippen LogP contribution in [0.2, 0.25) is 0 Å². The molecule has 1 atom stereocenters. The van der Waals surface area contributed by atoms with Gasteiger partial charge < -0.3 is 5.11 Å². The van der Waals surface area contributed by atoms with Crippen LogP contribution in [0.4, 0.5) is 4.39 Å². The molecule has 2 aromatic rings. The Morgan fingerprint density at radius 1 is 1.21 bits per heavy atom. The van der Waals surface area contributed by atoms with E-state index >= 15 is 0 Å². The molecule has 0 bridgehead atoms. The van der Waals surface area contributed by atoms with Crippen molar-refractivity contribution in [1.29, 1.82) is 0 Å². The number of hydrogen-bond donors (Lipinski definition) is 1. The lowest BCUT2D eigenvalue weighted by atomic mass is 9.90. The second-order valence-electron chi connectivity index (χ2n) is 4.58. The van der Waals surface area contributed by atoms with E-state index in [2.05, 4.69) is 0 Å². The molecular weight excluding hydrogens is 243 g/mol. The summed E-state index contributed by atoms with van der Waals surface area (Å²) in [6, 6.07) is 13.6. The molecule has 3 heteroatoms. The minimum absolute atomic E-state index is 0.298. The van der Waals surface area contributed by atoms with Crippen LogP contribution in [0, 0.1) is 12.7 Å². The highest BCUT2D eigenvalue weighted by atomic mass is 19.1. The Bertz CT molecular complexity index is 579. The Kier molecular flexibility index (Phi) is 3.95. The average Bonchev–Trinajstić information content (AvgIpc) is 2.38. The van der Waals surface area contributed by atoms with Gasteiger partial charge in [0.25, 0.3) is 0 Å². The summed E-state index contributed by atoms with van der Waals surface area (Å²) in [5.41, 5.74) is 2.40. The van der Waals surface area contributed by atoms with Crippen molar-refractivity contribution in [2.45, 2.75) is 19.3 Å². The molecule has 0 aliphatic heterocycles. The molecule has 1 unspecified atom stereocenters. The first kappa shape index (κ1) is 13.3. The fourth-order valence-electron chi connectivity index (χ4n) is 2.14. The summed E-state index contributed by atoms with van der Waals surface area (Å²) in [6.07, 6.45) is 0.367. The van der Waals surface area contributed by atoms with Crippen LogP contribution >= 0.6 is 0 Å². The van der Waals surface area contributed by atoms with Gasteiger partial charge in [0.2, 0.25) is 0 Å². The lowest BCUT2D eigenvalue weighted by molar-refractivity contribution is -0.138. The summed E-state index contributed by atoms with van der Waals surface area (Å²) in [5.74, 6) is -1.77. The first-order chi connectivity index (χ1) is 9.08. The van der Waals surface area contributed by atoms with Crippen molar-refractivity contribution in [1.82, 2.24) is 0 Å². The third kappa shape index (κ3) is 3.19. The third-order valence-corrected chi connectivity index (χ3v) is 3.23. The van der Waals surface area contributed by atoms with E-state index in [9.17, 15) is 14.3 Å². The predicted octanol–water partition coefficient (Wildman–Crippen LogP) is 3.55. The maximum Gasteiger partial charge on any atom is 0.311 e. The molecule has 0 aromatic heterocycles. The molecule has 0 radical (unpaired) electrons. The van der Waals surface area contributed by atoms with Gasteiger partial charge in [-0.15, -0.1) is 0 Å². The summed E-state index contributed by atoms with van der Waals surface area (Å²) in [4.78, 5) is 11.4. The normalized spacial score (nSPS) is 12.1. The van der Waals surface area contributed by atoms with Crippen molar-refractivity contribution >= 4 is 5.97 Å². The van der Waals surface area contributed by atoms with Crippen molar-refractivity contribution < 1.29 is 14.3 Å². The summed E-state index contributed by atoms with van der Waals surface area (Å²) in [6.45, 7) is 1.79. The van der Waals surface area contributed by atoms with Gasteiger partial charge in [-0.3, -0.25) is 4.79 Å². The number of hydrogen-bond acceptors (Lipinski definition) is 1. The Morgan fingerprint density at radius 2 is 1.89 bits per heavy atom. The highest BCUT2D eigenvalue weighted by Gasteiger charge is 2.20. The largest absolute Gasteiger partial charge is 0.481 e. The van der Waals surface area contributed by atoms with E-state index in [0.717, 1.165) is 16.7 Å². The zero-order valence-corrected chi connectivity index (χ0v) is 10.6. The molecule has 0 aliphatic carbocycles. The first-order valence-corrected chi connectivity index (χ1v) is 6.10. The van der Waals surface area contributed by atoms with Crippen LogP contribution in [0.5, 0.6) is 0 Å². The smallest absolute Gasteiger partial charge is 0.311 e. The molecule has 98 valence electrons. The number of aryl methyl sites for hydroxylation is 1. The quantitative estimate of drug-likeness (QED) is 0.910. The molecule has 2 nitrogen and oxygen atoms in total. The molecule has 2 aromatic carbocycles. The van der Waals surface area contributed by atoms with Crippen molar-refractivity contribution in [3.05, 3.63) is 71.0 Å². The number of carboxylic acid groups (broad SMARTS) is 1. The first-order valence-electron chi connectivity index (χ1n) is 6.10. The number of rotatable bonds is 4. The number of benzene rings is 2. The third-order valence-electron chi connectivity index (χ3n) is 3.23. The van der Waals surface area contributed by atoms with E-state index in [0.29, 0.717) is 6.42 Å². The summed E-state index contributed by atoms with van der Waals surface area (Å²) in [5, 5.41) is 9.36. The average molecular weight is 258 g/mol. The Labute approximate surface area is 111 Å². The van der Waals surface area contributed by atoms with Crippen LogP contribution in [-0.4, -0.2) is 11.1 Å². The fourth-order valence-corrected chi connectivity index (χ4v) is 2.14. The molecule has 0 saturated carbocycles. The molecule has 19 heavy (non-hydrogen) atoms. The van der Waals surface area contributed by atoms with Crippen LogP contribution in [-0.2, 0) is 11.2 Å². The summed E-state index contributed by atoms with van der Waals surface area (Å²) >= 11 is 0. The Morgan fingerprint density at radius 3 is 2.47 bits per heavy atom. The molecule has 1 N–H and O–H groups in total. The van der Waals surface area contributed by atoms with Crippen molar-refractivity contribution in [2.75, 3.05) is 0 Å². The van der Waals surface area contributed by atoms with Gasteiger partial charge in [0, 0.05) is 0 Å². The molecule has 0 amide bonds. The minimum Gasteiger partial charge on any atom is -0.481 e. The van der Waals surface area contributed by atoms with Gasteiger partial charge in [-0.05, 0) is 42.2 Å². The second-order valence-corrected chi connectivity index (χ2v) is 4.58. The van der Waals surface area contributed by atoms with E-state index in [-0.39, 0.29) is 5.82 Å². The summed E-state index contributed by atoms with van der Waals surface area (Å²) < 4.78 is 13.1. The molecular formula is C16H15FO2. The lowest BCUT2D eigenvalue weighted by Gasteiger charge is -2.14. The van der Waals surface area contributed by atoms with Crippen molar-refractivity contribution in [2.24, 2.45) is 0 Å². The molecule has 2 rings (SSSR count). The van der Waals surface area contributed by atoms with Crippen molar-refractivity contribution in [3.8, 4) is 0 Å². The molecule has 0 spiro atoms. The van der Waals surface area contributed by atoms with E-state index in [1.54, 1.807) is 25.1 Å². The van der Waals surface area contributed by atoms with Crippen molar-refractivity contribution in [3.63, 3.8) is 0 Å². The minimum atomic E-state index is -0.866. The molecule has 0 aliphatic rings. The van der Waals surface area contributed by atoms with Crippen LogP contribution in [0.1, 0.15) is 22.6 Å². The van der Waals surface area contributed by atoms with Gasteiger partial charge in [0.15, 0.2) is 0 Å². The zero-order chi connectivity index (χ0) is 13.8. The van der Waals surface area contributed by atoms with Gasteiger partial charge in [-0.25, -0.2) is 4.39 Å². The monoisotopic (exact) mass is 258 g/mol. The Hall–Kier alpha value is -2.16. The topological polar surface area (TPSA) is 37.3 Å². The fraction of sp³-hybridized carbons (Fsp3) is 0.188. The maximum atomic E-state index is 13.1. The van der Waals surface area contributed by atoms with Gasteiger partial charge in [0.05, 0.1) is 5.92 Å². The standard InChI is InChI=1S/C16H15FO2/c1-11-9-14(17)8-7-13(11)10-15(16(18)19)12-5-3-2-4-6-12/h2-9,15H,10H2,1H3,(H,18,19). The summed E-state index contributed by atoms with van der Waals surface area (Å²) in [7, 11) is 0. The van der Waals surface area contributed by atoms with E-state index in [1.165, 1.54) is 12.1 Å². The molecule has 0 heterocycles. The highest BCUT2D eigenvalue weighted by Crippen LogP contribution is 2.23. The second kappa shape index (κ2) is 5.65. The van der Waals surface area contributed by atoms with E-state index in [1.807, 2.05) is 18.2 Å². The Balaban J connectivity index is 2.29. The molecule has 0 fully saturated rings. The zero-order valence-electron chi connectivity index (χ0n) is 10.6. The van der Waals surface area contributed by atoms with Gasteiger partial charge in [-0.1, -0.05) is 36.4 Å².